The van der Waals surface area contributed by atoms with Crippen molar-refractivity contribution in [3.8, 4) is 0 Å². The zero-order valence-corrected chi connectivity index (χ0v) is 8.30. The molecule has 0 unspecified atom stereocenters. The van der Waals surface area contributed by atoms with E-state index in [2.05, 4.69) is 9.97 Å². The molecule has 0 aromatic carbocycles. The van der Waals surface area contributed by atoms with E-state index in [-0.39, 0.29) is 10.7 Å². The zero-order chi connectivity index (χ0) is 10.1. The number of sulfone groups is 1. The Morgan fingerprint density at radius 3 is 2.54 bits per heavy atom. The quantitative estimate of drug-likeness (QED) is 0.729. The molecule has 0 spiro atoms. The molecule has 0 saturated carbocycles. The van der Waals surface area contributed by atoms with Crippen molar-refractivity contribution in [1.29, 1.82) is 0 Å². The molecule has 0 amide bonds. The van der Waals surface area contributed by atoms with Crippen molar-refractivity contribution in [3.05, 3.63) is 12.0 Å². The molecule has 1 heterocycles. The molecule has 0 aliphatic carbocycles. The fourth-order valence-electron chi connectivity index (χ4n) is 0.878. The molecule has 0 radical (unpaired) electrons. The van der Waals surface area contributed by atoms with Crippen molar-refractivity contribution in [2.75, 3.05) is 12.0 Å². The Hall–Kier alpha value is -1.17. The van der Waals surface area contributed by atoms with Crippen LogP contribution in [0.1, 0.15) is 12.7 Å². The highest BCUT2D eigenvalue weighted by atomic mass is 32.2. The van der Waals surface area contributed by atoms with Gasteiger partial charge in [-0.2, -0.15) is 0 Å². The molecule has 2 N–H and O–H groups in total. The average molecular weight is 201 g/mol. The first-order valence-corrected chi connectivity index (χ1v) is 5.65. The lowest BCUT2D eigenvalue weighted by molar-refractivity contribution is 0.601. The van der Waals surface area contributed by atoms with E-state index < -0.39 is 9.84 Å². The van der Waals surface area contributed by atoms with E-state index >= 15 is 0 Å². The van der Waals surface area contributed by atoms with Gasteiger partial charge >= 0.3 is 0 Å². The predicted molar refractivity (Wildman–Crippen MR) is 48.9 cm³/mol. The minimum absolute atomic E-state index is 0.00954. The Morgan fingerprint density at radius 2 is 2.15 bits per heavy atom. The summed E-state index contributed by atoms with van der Waals surface area (Å²) in [5.74, 6) is 0.569. The van der Waals surface area contributed by atoms with Crippen LogP contribution in [-0.2, 0) is 16.3 Å². The first-order chi connectivity index (χ1) is 5.95. The van der Waals surface area contributed by atoms with Crippen molar-refractivity contribution >= 4 is 15.7 Å². The molecule has 0 aliphatic rings. The van der Waals surface area contributed by atoms with E-state index in [0.29, 0.717) is 12.2 Å². The number of nitrogen functional groups attached to an aromatic ring is 1. The Bertz CT molecular complexity index is 414. The second kappa shape index (κ2) is 3.29. The molecule has 1 aromatic rings. The predicted octanol–water partition coefficient (Wildman–Crippen LogP) is 0.0247. The van der Waals surface area contributed by atoms with Crippen LogP contribution in [0.15, 0.2) is 11.1 Å². The van der Waals surface area contributed by atoms with Gasteiger partial charge in [0.25, 0.3) is 0 Å². The molecule has 0 fully saturated rings. The molecular weight excluding hydrogens is 190 g/mol. The summed E-state index contributed by atoms with van der Waals surface area (Å²) in [6.07, 6.45) is 2.96. The van der Waals surface area contributed by atoms with E-state index in [1.807, 2.05) is 6.92 Å². The lowest BCUT2D eigenvalue weighted by atomic mass is 10.4. The molecule has 13 heavy (non-hydrogen) atoms. The van der Waals surface area contributed by atoms with Crippen LogP contribution in [0.25, 0.3) is 0 Å². The molecule has 6 heteroatoms. The highest BCUT2D eigenvalue weighted by Gasteiger charge is 2.13. The maximum absolute atomic E-state index is 11.1. The van der Waals surface area contributed by atoms with Crippen molar-refractivity contribution in [2.24, 2.45) is 0 Å². The Kier molecular flexibility index (Phi) is 2.51. The lowest BCUT2D eigenvalue weighted by Crippen LogP contribution is -2.07. The Morgan fingerprint density at radius 1 is 1.54 bits per heavy atom. The minimum atomic E-state index is -3.31. The molecule has 0 saturated heterocycles. The first-order valence-electron chi connectivity index (χ1n) is 3.76. The standard InChI is InChI=1S/C7H11N3O2S/c1-3-6-9-4-5(7(8)10-6)13(2,11)12/h4H,3H2,1-2H3,(H2,8,9,10). The maximum Gasteiger partial charge on any atom is 0.180 e. The maximum atomic E-state index is 11.1. The number of hydrogen-bond donors (Lipinski definition) is 1. The molecule has 1 aromatic heterocycles. The van der Waals surface area contributed by atoms with Crippen LogP contribution in [0.2, 0.25) is 0 Å². The number of hydrogen-bond acceptors (Lipinski definition) is 5. The summed E-state index contributed by atoms with van der Waals surface area (Å²) in [6.45, 7) is 1.87. The van der Waals surface area contributed by atoms with E-state index in [9.17, 15) is 8.42 Å². The van der Waals surface area contributed by atoms with Gasteiger partial charge in [-0.3, -0.25) is 0 Å². The van der Waals surface area contributed by atoms with Gasteiger partial charge in [0, 0.05) is 12.7 Å². The van der Waals surface area contributed by atoms with Crippen LogP contribution < -0.4 is 5.73 Å². The Balaban J connectivity index is 3.29. The van der Waals surface area contributed by atoms with Gasteiger partial charge in [-0.15, -0.1) is 0 Å². The van der Waals surface area contributed by atoms with Crippen LogP contribution in [0, 0.1) is 0 Å². The van der Waals surface area contributed by atoms with Gasteiger partial charge in [0.15, 0.2) is 9.84 Å². The third-order valence-corrected chi connectivity index (χ3v) is 2.66. The van der Waals surface area contributed by atoms with Crippen LogP contribution in [0.3, 0.4) is 0 Å². The topological polar surface area (TPSA) is 85.9 Å². The number of aromatic nitrogens is 2. The minimum Gasteiger partial charge on any atom is -0.383 e. The van der Waals surface area contributed by atoms with Gasteiger partial charge in [0.05, 0.1) is 6.20 Å². The second-order valence-electron chi connectivity index (χ2n) is 2.66. The molecular formula is C7H11N3O2S. The van der Waals surface area contributed by atoms with Gasteiger partial charge in [-0.05, 0) is 0 Å². The van der Waals surface area contributed by atoms with Gasteiger partial charge in [0.1, 0.15) is 16.5 Å². The second-order valence-corrected chi connectivity index (χ2v) is 4.65. The largest absolute Gasteiger partial charge is 0.383 e. The number of aryl methyl sites for hydroxylation is 1. The molecule has 1 rings (SSSR count). The van der Waals surface area contributed by atoms with Gasteiger partial charge in [-0.1, -0.05) is 6.92 Å². The summed E-state index contributed by atoms with van der Waals surface area (Å²) in [7, 11) is -3.31. The van der Waals surface area contributed by atoms with E-state index in [4.69, 9.17) is 5.73 Å². The summed E-state index contributed by atoms with van der Waals surface area (Å²) < 4.78 is 22.2. The summed E-state index contributed by atoms with van der Waals surface area (Å²) in [5.41, 5.74) is 5.45. The monoisotopic (exact) mass is 201 g/mol. The lowest BCUT2D eigenvalue weighted by Gasteiger charge is -2.02. The third kappa shape index (κ3) is 2.15. The normalized spacial score (nSPS) is 11.5. The summed E-state index contributed by atoms with van der Waals surface area (Å²) in [4.78, 5) is 7.69. The summed E-state index contributed by atoms with van der Waals surface area (Å²) in [5, 5.41) is 0. The number of nitrogens with zero attached hydrogens (tertiary/aromatic N) is 2. The Labute approximate surface area is 76.9 Å². The number of rotatable bonds is 2. The fourth-order valence-corrected chi connectivity index (χ4v) is 1.55. The average Bonchev–Trinajstić information content (AvgIpc) is 2.01. The highest BCUT2D eigenvalue weighted by molar-refractivity contribution is 7.90. The summed E-state index contributed by atoms with van der Waals surface area (Å²) >= 11 is 0. The van der Waals surface area contributed by atoms with Gasteiger partial charge in [0.2, 0.25) is 0 Å². The third-order valence-electron chi connectivity index (χ3n) is 1.55. The molecule has 72 valence electrons. The molecule has 5 nitrogen and oxygen atoms in total. The van der Waals surface area contributed by atoms with E-state index in [1.54, 1.807) is 0 Å². The zero-order valence-electron chi connectivity index (χ0n) is 7.48. The van der Waals surface area contributed by atoms with Crippen LogP contribution >= 0.6 is 0 Å². The van der Waals surface area contributed by atoms with Crippen molar-refractivity contribution in [1.82, 2.24) is 9.97 Å². The first kappa shape index (κ1) is 9.91. The highest BCUT2D eigenvalue weighted by Crippen LogP contribution is 2.13. The van der Waals surface area contributed by atoms with Crippen molar-refractivity contribution < 1.29 is 8.42 Å². The van der Waals surface area contributed by atoms with E-state index in [1.165, 1.54) is 6.20 Å². The smallest absolute Gasteiger partial charge is 0.180 e. The number of nitrogens with two attached hydrogens (primary N) is 1. The van der Waals surface area contributed by atoms with Crippen molar-refractivity contribution in [3.63, 3.8) is 0 Å². The van der Waals surface area contributed by atoms with Crippen LogP contribution in [-0.4, -0.2) is 24.6 Å². The van der Waals surface area contributed by atoms with Gasteiger partial charge in [-0.25, -0.2) is 18.4 Å². The summed E-state index contributed by atoms with van der Waals surface area (Å²) in [6, 6.07) is 0. The molecule has 0 atom stereocenters. The van der Waals surface area contributed by atoms with E-state index in [0.717, 1.165) is 6.26 Å². The number of anilines is 1. The van der Waals surface area contributed by atoms with Gasteiger partial charge < -0.3 is 5.73 Å². The SMILES string of the molecule is CCc1ncc(S(C)(=O)=O)c(N)n1. The molecule has 0 bridgehead atoms. The van der Waals surface area contributed by atoms with Crippen molar-refractivity contribution in [2.45, 2.75) is 18.2 Å². The van der Waals surface area contributed by atoms with Crippen LogP contribution in [0.5, 0.6) is 0 Å². The molecule has 0 aliphatic heterocycles. The van der Waals surface area contributed by atoms with Crippen LogP contribution in [0.4, 0.5) is 5.82 Å². The fraction of sp³-hybridized carbons (Fsp3) is 0.429.